The number of nitrogens with two attached hydrogens (primary N) is 1. The molecule has 3 rings (SSSR count). The predicted octanol–water partition coefficient (Wildman–Crippen LogP) is 1.68. The maximum absolute atomic E-state index is 12.5. The van der Waals surface area contributed by atoms with Crippen LogP contribution in [0.25, 0.3) is 22.6 Å². The van der Waals surface area contributed by atoms with E-state index in [1.165, 1.54) is 10.8 Å². The quantitative estimate of drug-likeness (QED) is 0.764. The first-order valence-electron chi connectivity index (χ1n) is 5.99. The molecule has 0 fully saturated rings. The van der Waals surface area contributed by atoms with Crippen molar-refractivity contribution in [1.82, 2.24) is 14.5 Å². The van der Waals surface area contributed by atoms with Crippen LogP contribution in [0.1, 0.15) is 0 Å². The van der Waals surface area contributed by atoms with Crippen molar-refractivity contribution in [3.8, 4) is 22.6 Å². The van der Waals surface area contributed by atoms with Crippen molar-refractivity contribution in [3.05, 3.63) is 53.3 Å². The molecule has 0 atom stereocenters. The summed E-state index contributed by atoms with van der Waals surface area (Å²) in [4.78, 5) is 20.7. The molecule has 0 amide bonds. The number of nitrogens with zero attached hydrogens (tertiary/aromatic N) is 3. The lowest BCUT2D eigenvalue weighted by molar-refractivity contribution is 0.579. The van der Waals surface area contributed by atoms with Gasteiger partial charge in [0.05, 0.1) is 11.8 Å². The Morgan fingerprint density at radius 2 is 2.00 bits per heavy atom. The van der Waals surface area contributed by atoms with Gasteiger partial charge in [-0.1, -0.05) is 0 Å². The Morgan fingerprint density at radius 3 is 2.65 bits per heavy atom. The topological polar surface area (TPSA) is 86.9 Å². The third-order valence-electron chi connectivity index (χ3n) is 3.05. The van der Waals surface area contributed by atoms with Crippen LogP contribution in [0, 0.1) is 0 Å². The van der Waals surface area contributed by atoms with Gasteiger partial charge in [-0.25, -0.2) is 4.98 Å². The lowest BCUT2D eigenvalue weighted by Crippen LogP contribution is -2.24. The molecule has 0 aliphatic carbocycles. The second kappa shape index (κ2) is 4.65. The average molecular weight is 268 g/mol. The molecule has 3 aromatic rings. The van der Waals surface area contributed by atoms with Gasteiger partial charge < -0.3 is 10.2 Å². The first-order valence-corrected chi connectivity index (χ1v) is 5.99. The Labute approximate surface area is 114 Å². The predicted molar refractivity (Wildman–Crippen MR) is 74.8 cm³/mol. The number of furan rings is 1. The molecule has 0 bridgehead atoms. The second-order valence-electron chi connectivity index (χ2n) is 4.27. The van der Waals surface area contributed by atoms with Crippen LogP contribution in [0.3, 0.4) is 0 Å². The molecule has 0 aliphatic heterocycles. The fraction of sp³-hybridized carbons (Fsp3) is 0.0714. The van der Waals surface area contributed by atoms with Gasteiger partial charge in [-0.3, -0.25) is 14.3 Å². The SMILES string of the molecule is Cn1c(N)nc(-c2ccco2)c(-c2ccncc2)c1=O. The fourth-order valence-electron chi connectivity index (χ4n) is 1.99. The van der Waals surface area contributed by atoms with E-state index in [0.29, 0.717) is 17.0 Å². The normalized spacial score (nSPS) is 10.7. The number of aromatic nitrogens is 3. The summed E-state index contributed by atoms with van der Waals surface area (Å²) in [5.41, 5.74) is 7.14. The highest BCUT2D eigenvalue weighted by Gasteiger charge is 2.18. The Balaban J connectivity index is 2.38. The number of rotatable bonds is 2. The van der Waals surface area contributed by atoms with Gasteiger partial charge in [-0.15, -0.1) is 0 Å². The van der Waals surface area contributed by atoms with E-state index >= 15 is 0 Å². The van der Waals surface area contributed by atoms with Crippen molar-refractivity contribution < 1.29 is 4.42 Å². The number of hydrogen-bond acceptors (Lipinski definition) is 5. The third-order valence-corrected chi connectivity index (χ3v) is 3.05. The van der Waals surface area contributed by atoms with Crippen LogP contribution in [0.4, 0.5) is 5.95 Å². The van der Waals surface area contributed by atoms with E-state index in [1.54, 1.807) is 43.7 Å². The summed E-state index contributed by atoms with van der Waals surface area (Å²) in [6, 6.07) is 6.98. The fourth-order valence-corrected chi connectivity index (χ4v) is 1.99. The maximum Gasteiger partial charge on any atom is 0.263 e. The molecule has 2 N–H and O–H groups in total. The Kier molecular flexibility index (Phi) is 2.83. The largest absolute Gasteiger partial charge is 0.463 e. The summed E-state index contributed by atoms with van der Waals surface area (Å²) in [7, 11) is 1.58. The molecule has 0 unspecified atom stereocenters. The first kappa shape index (κ1) is 12.2. The van der Waals surface area contributed by atoms with Gasteiger partial charge in [0.15, 0.2) is 5.76 Å². The van der Waals surface area contributed by atoms with Gasteiger partial charge in [0.25, 0.3) is 5.56 Å². The Hall–Kier alpha value is -2.89. The van der Waals surface area contributed by atoms with Gasteiger partial charge in [0.1, 0.15) is 5.69 Å². The van der Waals surface area contributed by atoms with Crippen molar-refractivity contribution in [3.63, 3.8) is 0 Å². The van der Waals surface area contributed by atoms with E-state index in [0.717, 1.165) is 5.56 Å². The summed E-state index contributed by atoms with van der Waals surface area (Å²) in [6.45, 7) is 0. The molecule has 0 radical (unpaired) electrons. The molecule has 0 aliphatic rings. The highest BCUT2D eigenvalue weighted by molar-refractivity contribution is 5.78. The van der Waals surface area contributed by atoms with Crippen LogP contribution in [-0.2, 0) is 7.05 Å². The van der Waals surface area contributed by atoms with Gasteiger partial charge >= 0.3 is 0 Å². The molecule has 0 saturated carbocycles. The smallest absolute Gasteiger partial charge is 0.263 e. The molecule has 0 saturated heterocycles. The van der Waals surface area contributed by atoms with Crippen molar-refractivity contribution in [2.45, 2.75) is 0 Å². The summed E-state index contributed by atoms with van der Waals surface area (Å²) in [6.07, 6.45) is 4.77. The van der Waals surface area contributed by atoms with Crippen LogP contribution in [0.2, 0.25) is 0 Å². The van der Waals surface area contributed by atoms with Crippen LogP contribution >= 0.6 is 0 Å². The molecule has 20 heavy (non-hydrogen) atoms. The zero-order valence-electron chi connectivity index (χ0n) is 10.8. The van der Waals surface area contributed by atoms with Gasteiger partial charge in [0, 0.05) is 19.4 Å². The van der Waals surface area contributed by atoms with Crippen LogP contribution in [0.5, 0.6) is 0 Å². The number of anilines is 1. The Bertz CT molecular complexity index is 792. The van der Waals surface area contributed by atoms with E-state index in [2.05, 4.69) is 9.97 Å². The van der Waals surface area contributed by atoms with E-state index in [-0.39, 0.29) is 11.5 Å². The van der Waals surface area contributed by atoms with E-state index < -0.39 is 0 Å². The van der Waals surface area contributed by atoms with E-state index in [4.69, 9.17) is 10.2 Å². The average Bonchev–Trinajstić information content (AvgIpc) is 2.99. The molecule has 3 aromatic heterocycles. The minimum Gasteiger partial charge on any atom is -0.463 e. The van der Waals surface area contributed by atoms with Gasteiger partial charge in [-0.05, 0) is 29.8 Å². The second-order valence-corrected chi connectivity index (χ2v) is 4.27. The zero-order valence-corrected chi connectivity index (χ0v) is 10.8. The standard InChI is InChI=1S/C14H12N4O2/c1-18-13(19)11(9-4-6-16-7-5-9)12(17-14(18)15)10-3-2-8-20-10/h2-8H,1H3,(H2,15,17). The maximum atomic E-state index is 12.5. The summed E-state index contributed by atoms with van der Waals surface area (Å²) in [5, 5.41) is 0. The molecular formula is C14H12N4O2. The van der Waals surface area contributed by atoms with Crippen molar-refractivity contribution in [2.75, 3.05) is 5.73 Å². The van der Waals surface area contributed by atoms with Crippen molar-refractivity contribution in [2.24, 2.45) is 7.05 Å². The minimum atomic E-state index is -0.227. The molecular weight excluding hydrogens is 256 g/mol. The molecule has 0 spiro atoms. The van der Waals surface area contributed by atoms with Gasteiger partial charge in [-0.2, -0.15) is 0 Å². The Morgan fingerprint density at radius 1 is 1.25 bits per heavy atom. The molecule has 6 nitrogen and oxygen atoms in total. The molecule has 100 valence electrons. The lowest BCUT2D eigenvalue weighted by atomic mass is 10.1. The van der Waals surface area contributed by atoms with Crippen LogP contribution in [0.15, 0.2) is 52.1 Å². The number of hydrogen-bond donors (Lipinski definition) is 1. The lowest BCUT2D eigenvalue weighted by Gasteiger charge is -2.10. The van der Waals surface area contributed by atoms with Crippen LogP contribution < -0.4 is 11.3 Å². The summed E-state index contributed by atoms with van der Waals surface area (Å²) >= 11 is 0. The van der Waals surface area contributed by atoms with Gasteiger partial charge in [0.2, 0.25) is 5.95 Å². The van der Waals surface area contributed by atoms with E-state index in [1.807, 2.05) is 0 Å². The monoisotopic (exact) mass is 268 g/mol. The highest BCUT2D eigenvalue weighted by atomic mass is 16.3. The highest BCUT2D eigenvalue weighted by Crippen LogP contribution is 2.28. The molecule has 3 heterocycles. The van der Waals surface area contributed by atoms with Crippen LogP contribution in [-0.4, -0.2) is 14.5 Å². The molecule has 6 heteroatoms. The summed E-state index contributed by atoms with van der Waals surface area (Å²) < 4.78 is 6.66. The van der Waals surface area contributed by atoms with Crippen molar-refractivity contribution in [1.29, 1.82) is 0 Å². The number of nitrogen functional groups attached to an aromatic ring is 1. The number of pyridine rings is 1. The van der Waals surface area contributed by atoms with E-state index in [9.17, 15) is 4.79 Å². The first-order chi connectivity index (χ1) is 9.68. The third kappa shape index (κ3) is 1.87. The molecule has 0 aromatic carbocycles. The van der Waals surface area contributed by atoms with Crippen molar-refractivity contribution >= 4 is 5.95 Å². The summed E-state index contributed by atoms with van der Waals surface area (Å²) in [5.74, 6) is 0.639. The minimum absolute atomic E-state index is 0.138. The zero-order chi connectivity index (χ0) is 14.1.